The van der Waals surface area contributed by atoms with Crippen molar-refractivity contribution in [3.05, 3.63) is 66.1 Å². The van der Waals surface area contributed by atoms with Crippen LogP contribution in [0.5, 0.6) is 5.75 Å². The number of likely N-dealkylation sites (N-methyl/N-ethyl adjacent to an activating group) is 1. The Balaban J connectivity index is 1.87. The molecule has 10 heteroatoms. The van der Waals surface area contributed by atoms with Gasteiger partial charge in [-0.1, -0.05) is 18.2 Å². The summed E-state index contributed by atoms with van der Waals surface area (Å²) >= 11 is 0. The van der Waals surface area contributed by atoms with Crippen LogP contribution in [-0.4, -0.2) is 53.9 Å². The van der Waals surface area contributed by atoms with Gasteiger partial charge in [-0.25, -0.2) is 9.18 Å². The molecule has 0 saturated carbocycles. The maximum absolute atomic E-state index is 14.7. The fourth-order valence-electron chi connectivity index (χ4n) is 3.35. The molecule has 1 aliphatic rings. The number of aliphatic carboxylic acids is 1. The van der Waals surface area contributed by atoms with Crippen LogP contribution in [0.4, 0.5) is 9.18 Å². The van der Waals surface area contributed by atoms with E-state index in [2.05, 4.69) is 10.6 Å². The number of urea groups is 1. The Bertz CT molecular complexity index is 1130. The Morgan fingerprint density at radius 2 is 1.91 bits per heavy atom. The van der Waals surface area contributed by atoms with Crippen LogP contribution in [0.3, 0.4) is 0 Å². The van der Waals surface area contributed by atoms with E-state index in [0.29, 0.717) is 16.9 Å². The number of carbonyl (C=O) groups is 4. The summed E-state index contributed by atoms with van der Waals surface area (Å²) in [6.45, 7) is 0. The molecule has 3 amide bonds. The molecule has 0 spiro atoms. The van der Waals surface area contributed by atoms with Crippen LogP contribution < -0.4 is 15.4 Å². The second-order valence-corrected chi connectivity index (χ2v) is 7.34. The van der Waals surface area contributed by atoms with E-state index < -0.39 is 48.0 Å². The van der Waals surface area contributed by atoms with E-state index in [0.717, 1.165) is 11.0 Å². The Morgan fingerprint density at radius 1 is 1.18 bits per heavy atom. The summed E-state index contributed by atoms with van der Waals surface area (Å²) in [5, 5.41) is 13.9. The first kappa shape index (κ1) is 23.5. The van der Waals surface area contributed by atoms with Crippen molar-refractivity contribution in [3.8, 4) is 16.9 Å². The smallest absolute Gasteiger partial charge is 0.316 e. The third kappa shape index (κ3) is 5.53. The molecule has 0 radical (unpaired) electrons. The second kappa shape index (κ2) is 9.94. The quantitative estimate of drug-likeness (QED) is 0.550. The van der Waals surface area contributed by atoms with E-state index in [9.17, 15) is 28.7 Å². The molecule has 0 aromatic heterocycles. The van der Waals surface area contributed by atoms with Gasteiger partial charge in [-0.05, 0) is 35.4 Å². The number of ketones is 1. The molecule has 3 N–H and O–H groups in total. The summed E-state index contributed by atoms with van der Waals surface area (Å²) < 4.78 is 19.9. The first-order valence-corrected chi connectivity index (χ1v) is 9.91. The molecule has 0 fully saturated rings. The van der Waals surface area contributed by atoms with Crippen LogP contribution in [0.25, 0.3) is 11.1 Å². The highest BCUT2D eigenvalue weighted by Crippen LogP contribution is 2.29. The molecule has 0 saturated heterocycles. The molecular weight excluding hydrogens is 433 g/mol. The van der Waals surface area contributed by atoms with Gasteiger partial charge in [-0.15, -0.1) is 0 Å². The van der Waals surface area contributed by atoms with Crippen molar-refractivity contribution in [2.45, 2.75) is 18.5 Å². The second-order valence-electron chi connectivity index (χ2n) is 7.34. The van der Waals surface area contributed by atoms with Crippen molar-refractivity contribution < 1.29 is 33.4 Å². The maximum Gasteiger partial charge on any atom is 0.316 e. The summed E-state index contributed by atoms with van der Waals surface area (Å²) in [7, 11) is 2.93. The van der Waals surface area contributed by atoms with E-state index >= 15 is 0 Å². The number of amides is 3. The number of hydrogen-bond acceptors (Lipinski definition) is 5. The number of halogens is 1. The lowest BCUT2D eigenvalue weighted by Crippen LogP contribution is -2.55. The SMILES string of the molecule is COc1cccc(-c2ccc(F)c(C(CC(=O)O)NC(=O)NC3C(=O)C=CN(C)C3=O)c2)c1. The van der Waals surface area contributed by atoms with Crippen LogP contribution in [0.15, 0.2) is 54.7 Å². The molecule has 0 bridgehead atoms. The summed E-state index contributed by atoms with van der Waals surface area (Å²) in [6, 6.07) is 7.42. The molecule has 172 valence electrons. The van der Waals surface area contributed by atoms with Gasteiger partial charge in [0.05, 0.1) is 19.6 Å². The van der Waals surface area contributed by atoms with Crippen molar-refractivity contribution in [2.75, 3.05) is 14.2 Å². The van der Waals surface area contributed by atoms with Gasteiger partial charge in [-0.3, -0.25) is 14.4 Å². The highest BCUT2D eigenvalue weighted by atomic mass is 19.1. The zero-order chi connectivity index (χ0) is 24.1. The Kier molecular flexibility index (Phi) is 7.07. The molecule has 2 unspecified atom stereocenters. The van der Waals surface area contributed by atoms with Crippen molar-refractivity contribution in [2.24, 2.45) is 0 Å². The number of rotatable bonds is 7. The molecule has 0 aliphatic carbocycles. The molecule has 1 heterocycles. The van der Waals surface area contributed by atoms with Crippen LogP contribution >= 0.6 is 0 Å². The van der Waals surface area contributed by atoms with Crippen LogP contribution in [-0.2, 0) is 14.4 Å². The van der Waals surface area contributed by atoms with Gasteiger partial charge in [0.15, 0.2) is 11.8 Å². The van der Waals surface area contributed by atoms with Crippen molar-refractivity contribution >= 4 is 23.7 Å². The Morgan fingerprint density at radius 3 is 2.61 bits per heavy atom. The topological polar surface area (TPSA) is 125 Å². The molecule has 33 heavy (non-hydrogen) atoms. The van der Waals surface area contributed by atoms with Gasteiger partial charge >= 0.3 is 12.0 Å². The van der Waals surface area contributed by atoms with E-state index in [-0.39, 0.29) is 5.56 Å². The lowest BCUT2D eigenvalue weighted by Gasteiger charge is -2.25. The minimum atomic E-state index is -1.46. The number of carboxylic acids is 1. The third-order valence-corrected chi connectivity index (χ3v) is 5.08. The molecule has 2 aromatic rings. The standard InChI is InChI=1S/C23H22FN3O6/c1-27-9-8-19(28)21(22(27)31)26-23(32)25-18(12-20(29)30)16-11-14(6-7-17(16)24)13-4-3-5-15(10-13)33-2/h3-11,18,21H,12H2,1-2H3,(H,29,30)(H2,25,26,32). The number of benzene rings is 2. The minimum Gasteiger partial charge on any atom is -0.497 e. The number of methoxy groups -OCH3 is 1. The fourth-order valence-corrected chi connectivity index (χ4v) is 3.35. The Hall–Kier alpha value is -4.21. The maximum atomic E-state index is 14.7. The first-order chi connectivity index (χ1) is 15.7. The van der Waals surface area contributed by atoms with E-state index in [1.165, 1.54) is 38.6 Å². The van der Waals surface area contributed by atoms with Crippen LogP contribution in [0, 0.1) is 5.82 Å². The van der Waals surface area contributed by atoms with Gasteiger partial charge in [0.25, 0.3) is 5.91 Å². The predicted octanol–water partition coefficient (Wildman–Crippen LogP) is 2.24. The third-order valence-electron chi connectivity index (χ3n) is 5.08. The van der Waals surface area contributed by atoms with Gasteiger partial charge in [-0.2, -0.15) is 0 Å². The van der Waals surface area contributed by atoms with Crippen molar-refractivity contribution in [3.63, 3.8) is 0 Å². The molecule has 9 nitrogen and oxygen atoms in total. The Labute approximate surface area is 188 Å². The highest BCUT2D eigenvalue weighted by molar-refractivity contribution is 6.14. The first-order valence-electron chi connectivity index (χ1n) is 9.91. The normalized spacial score (nSPS) is 16.3. The average molecular weight is 455 g/mol. The molecule has 1 aliphatic heterocycles. The van der Waals surface area contributed by atoms with Crippen molar-refractivity contribution in [1.82, 2.24) is 15.5 Å². The predicted molar refractivity (Wildman–Crippen MR) is 116 cm³/mol. The van der Waals surface area contributed by atoms with Crippen LogP contribution in [0.1, 0.15) is 18.0 Å². The largest absolute Gasteiger partial charge is 0.497 e. The van der Waals surface area contributed by atoms with E-state index in [1.54, 1.807) is 24.3 Å². The molecule has 2 atom stereocenters. The van der Waals surface area contributed by atoms with Gasteiger partial charge in [0, 0.05) is 24.9 Å². The fraction of sp³-hybridized carbons (Fsp3) is 0.217. The van der Waals surface area contributed by atoms with Gasteiger partial charge in [0.2, 0.25) is 0 Å². The molecule has 2 aromatic carbocycles. The number of carboxylic acid groups (broad SMARTS) is 1. The summed E-state index contributed by atoms with van der Waals surface area (Å²) in [6.07, 6.45) is 1.78. The zero-order valence-corrected chi connectivity index (χ0v) is 17.9. The number of nitrogens with one attached hydrogen (secondary N) is 2. The van der Waals surface area contributed by atoms with Crippen molar-refractivity contribution in [1.29, 1.82) is 0 Å². The lowest BCUT2D eigenvalue weighted by atomic mass is 9.97. The molecular formula is C23H22FN3O6. The monoisotopic (exact) mass is 455 g/mol. The highest BCUT2D eigenvalue weighted by Gasteiger charge is 2.33. The average Bonchev–Trinajstić information content (AvgIpc) is 2.79. The zero-order valence-electron chi connectivity index (χ0n) is 17.9. The van der Waals surface area contributed by atoms with Gasteiger partial charge < -0.3 is 25.4 Å². The number of hydrogen-bond donors (Lipinski definition) is 3. The number of ether oxygens (including phenoxy) is 1. The minimum absolute atomic E-state index is 0.0637. The van der Waals surface area contributed by atoms with E-state index in [1.807, 2.05) is 0 Å². The van der Waals surface area contributed by atoms with Gasteiger partial charge in [0.1, 0.15) is 11.6 Å². The van der Waals surface area contributed by atoms with E-state index in [4.69, 9.17) is 4.74 Å². The molecule has 3 rings (SSSR count). The summed E-state index contributed by atoms with van der Waals surface area (Å²) in [5.74, 6) is -2.70. The number of nitrogens with zero attached hydrogens (tertiary/aromatic N) is 1. The summed E-state index contributed by atoms with van der Waals surface area (Å²) in [4.78, 5) is 49.2. The summed E-state index contributed by atoms with van der Waals surface area (Å²) in [5.41, 5.74) is 1.21. The number of carbonyl (C=O) groups excluding carboxylic acids is 3. The lowest BCUT2D eigenvalue weighted by molar-refractivity contribution is -0.138. The van der Waals surface area contributed by atoms with Crippen LogP contribution in [0.2, 0.25) is 0 Å².